The van der Waals surface area contributed by atoms with Crippen LogP contribution in [0.1, 0.15) is 36.7 Å². The molecule has 2 aromatic heterocycles. The molecule has 0 unspecified atom stereocenters. The fourth-order valence-electron chi connectivity index (χ4n) is 1.74. The lowest BCUT2D eigenvalue weighted by molar-refractivity contribution is 0.0528. The van der Waals surface area contributed by atoms with Crippen molar-refractivity contribution in [1.29, 1.82) is 0 Å². The molecular weight excluding hydrogens is 308 g/mol. The monoisotopic (exact) mass is 324 g/mol. The van der Waals surface area contributed by atoms with E-state index in [-0.39, 0.29) is 5.91 Å². The van der Waals surface area contributed by atoms with Gasteiger partial charge in [-0.2, -0.15) is 0 Å². The molecule has 7 heteroatoms. The van der Waals surface area contributed by atoms with Crippen LogP contribution in [0.15, 0.2) is 12.1 Å². The average Bonchev–Trinajstić information content (AvgIpc) is 2.94. The second-order valence-corrected chi connectivity index (χ2v) is 6.91. The molecule has 1 amide bonds. The largest absolute Gasteiger partial charge is 0.462 e. The Labute approximate surface area is 130 Å². The number of aryl methyl sites for hydroxylation is 2. The maximum atomic E-state index is 12.2. The summed E-state index contributed by atoms with van der Waals surface area (Å²) in [5.41, 5.74) is 6.73. The van der Waals surface area contributed by atoms with Crippen LogP contribution in [-0.2, 0) is 4.74 Å². The Kier molecular flexibility index (Phi) is 4.64. The summed E-state index contributed by atoms with van der Waals surface area (Å²) in [7, 11) is 0. The van der Waals surface area contributed by atoms with Gasteiger partial charge in [0.2, 0.25) is 0 Å². The molecule has 0 aliphatic heterocycles. The second kappa shape index (κ2) is 6.28. The molecule has 0 spiro atoms. The van der Waals surface area contributed by atoms with E-state index in [1.807, 2.05) is 13.8 Å². The first-order chi connectivity index (χ1) is 9.92. The van der Waals surface area contributed by atoms with Crippen molar-refractivity contribution in [1.82, 2.24) is 0 Å². The van der Waals surface area contributed by atoms with Crippen molar-refractivity contribution in [3.05, 3.63) is 32.3 Å². The van der Waals surface area contributed by atoms with Crippen molar-refractivity contribution in [2.75, 3.05) is 17.7 Å². The molecule has 0 aliphatic carbocycles. The van der Waals surface area contributed by atoms with Crippen LogP contribution < -0.4 is 11.1 Å². The van der Waals surface area contributed by atoms with E-state index >= 15 is 0 Å². The van der Waals surface area contributed by atoms with Gasteiger partial charge in [-0.1, -0.05) is 0 Å². The smallest absolute Gasteiger partial charge is 0.341 e. The summed E-state index contributed by atoms with van der Waals surface area (Å²) in [4.78, 5) is 26.4. The molecule has 2 aromatic rings. The fraction of sp³-hybridized carbons (Fsp3) is 0.286. The third-order valence-corrected chi connectivity index (χ3v) is 4.79. The molecule has 0 saturated carbocycles. The van der Waals surface area contributed by atoms with Gasteiger partial charge in [-0.3, -0.25) is 4.79 Å². The van der Waals surface area contributed by atoms with Gasteiger partial charge in [0.25, 0.3) is 5.91 Å². The standard InChI is InChI=1S/C14H16N2O3S2/c1-4-19-14(18)9-5-7(2)20-13(9)16-12(17)11-6-10(15)8(3)21-11/h5-6H,4,15H2,1-3H3,(H,16,17). The number of nitrogens with two attached hydrogens (primary N) is 1. The Morgan fingerprint density at radius 1 is 1.29 bits per heavy atom. The van der Waals surface area contributed by atoms with Crippen molar-refractivity contribution < 1.29 is 14.3 Å². The van der Waals surface area contributed by atoms with Gasteiger partial charge in [0.15, 0.2) is 0 Å². The summed E-state index contributed by atoms with van der Waals surface area (Å²) in [5, 5.41) is 3.26. The number of amides is 1. The quantitative estimate of drug-likeness (QED) is 0.844. The summed E-state index contributed by atoms with van der Waals surface area (Å²) >= 11 is 2.67. The maximum Gasteiger partial charge on any atom is 0.341 e. The number of anilines is 2. The van der Waals surface area contributed by atoms with Crippen molar-refractivity contribution in [3.8, 4) is 0 Å². The average molecular weight is 324 g/mol. The molecule has 0 radical (unpaired) electrons. The summed E-state index contributed by atoms with van der Waals surface area (Å²) < 4.78 is 4.99. The Hall–Kier alpha value is -1.86. The van der Waals surface area contributed by atoms with E-state index in [1.54, 1.807) is 19.1 Å². The van der Waals surface area contributed by atoms with Gasteiger partial charge in [0, 0.05) is 15.4 Å². The van der Waals surface area contributed by atoms with Crippen LogP contribution in [0.5, 0.6) is 0 Å². The van der Waals surface area contributed by atoms with E-state index in [9.17, 15) is 9.59 Å². The Morgan fingerprint density at radius 3 is 2.57 bits per heavy atom. The molecule has 0 saturated heterocycles. The summed E-state index contributed by atoms with van der Waals surface area (Å²) in [6.45, 7) is 5.76. The highest BCUT2D eigenvalue weighted by molar-refractivity contribution is 7.17. The van der Waals surface area contributed by atoms with Crippen LogP contribution in [0, 0.1) is 13.8 Å². The first-order valence-corrected chi connectivity index (χ1v) is 8.00. The summed E-state index contributed by atoms with van der Waals surface area (Å²) in [6.07, 6.45) is 0. The number of carbonyl (C=O) groups excluding carboxylic acids is 2. The normalized spacial score (nSPS) is 10.4. The molecular formula is C14H16N2O3S2. The van der Waals surface area contributed by atoms with E-state index in [2.05, 4.69) is 5.32 Å². The lowest BCUT2D eigenvalue weighted by atomic mass is 10.3. The predicted molar refractivity (Wildman–Crippen MR) is 86.4 cm³/mol. The van der Waals surface area contributed by atoms with Crippen molar-refractivity contribution in [2.24, 2.45) is 0 Å². The third-order valence-electron chi connectivity index (χ3n) is 2.76. The Morgan fingerprint density at radius 2 is 2.00 bits per heavy atom. The van der Waals surface area contributed by atoms with Crippen LogP contribution in [0.25, 0.3) is 0 Å². The molecule has 0 aliphatic rings. The van der Waals surface area contributed by atoms with E-state index in [0.29, 0.717) is 27.7 Å². The Bertz CT molecular complexity index is 669. The topological polar surface area (TPSA) is 81.4 Å². The molecule has 0 fully saturated rings. The highest BCUT2D eigenvalue weighted by Crippen LogP contribution is 2.30. The van der Waals surface area contributed by atoms with Crippen LogP contribution in [0.4, 0.5) is 10.7 Å². The number of hydrogen-bond donors (Lipinski definition) is 2. The SMILES string of the molecule is CCOC(=O)c1cc(C)sc1NC(=O)c1cc(N)c(C)s1. The first kappa shape index (κ1) is 15.5. The molecule has 3 N–H and O–H groups in total. The third kappa shape index (κ3) is 3.43. The van der Waals surface area contributed by atoms with Crippen LogP contribution in [-0.4, -0.2) is 18.5 Å². The fourth-order valence-corrected chi connectivity index (χ4v) is 3.47. The van der Waals surface area contributed by atoms with E-state index < -0.39 is 5.97 Å². The highest BCUT2D eigenvalue weighted by atomic mass is 32.1. The molecule has 112 valence electrons. The number of carbonyl (C=O) groups is 2. The molecule has 5 nitrogen and oxygen atoms in total. The van der Waals surface area contributed by atoms with Crippen LogP contribution >= 0.6 is 22.7 Å². The summed E-state index contributed by atoms with van der Waals surface area (Å²) in [6, 6.07) is 3.35. The number of thiophene rings is 2. The molecule has 2 heterocycles. The zero-order chi connectivity index (χ0) is 15.6. The van der Waals surface area contributed by atoms with Gasteiger partial charge in [0.1, 0.15) is 5.00 Å². The lowest BCUT2D eigenvalue weighted by Gasteiger charge is -2.04. The molecule has 0 atom stereocenters. The van der Waals surface area contributed by atoms with Crippen molar-refractivity contribution >= 4 is 45.2 Å². The van der Waals surface area contributed by atoms with Gasteiger partial charge >= 0.3 is 5.97 Å². The minimum atomic E-state index is -0.431. The first-order valence-electron chi connectivity index (χ1n) is 6.37. The van der Waals surface area contributed by atoms with Gasteiger partial charge in [-0.25, -0.2) is 4.79 Å². The van der Waals surface area contributed by atoms with E-state index in [1.165, 1.54) is 22.7 Å². The summed E-state index contributed by atoms with van der Waals surface area (Å²) in [5.74, 6) is -0.703. The number of esters is 1. The predicted octanol–water partition coefficient (Wildman–Crippen LogP) is 3.44. The molecule has 0 aromatic carbocycles. The Balaban J connectivity index is 2.23. The molecule has 2 rings (SSSR count). The zero-order valence-electron chi connectivity index (χ0n) is 12.0. The number of hydrogen-bond acceptors (Lipinski definition) is 6. The van der Waals surface area contributed by atoms with Crippen molar-refractivity contribution in [3.63, 3.8) is 0 Å². The molecule has 0 bridgehead atoms. The van der Waals surface area contributed by atoms with Gasteiger partial charge in [-0.15, -0.1) is 22.7 Å². The van der Waals surface area contributed by atoms with E-state index in [0.717, 1.165) is 9.75 Å². The second-order valence-electron chi connectivity index (χ2n) is 4.40. The number of rotatable bonds is 4. The zero-order valence-corrected chi connectivity index (χ0v) is 13.6. The number of nitrogens with one attached hydrogen (secondary N) is 1. The highest BCUT2D eigenvalue weighted by Gasteiger charge is 2.19. The van der Waals surface area contributed by atoms with Crippen LogP contribution in [0.2, 0.25) is 0 Å². The van der Waals surface area contributed by atoms with Crippen molar-refractivity contribution in [2.45, 2.75) is 20.8 Å². The van der Waals surface area contributed by atoms with E-state index in [4.69, 9.17) is 10.5 Å². The van der Waals surface area contributed by atoms with Gasteiger partial charge in [0.05, 0.1) is 17.0 Å². The maximum absolute atomic E-state index is 12.2. The molecule has 21 heavy (non-hydrogen) atoms. The number of nitrogen functional groups attached to an aromatic ring is 1. The minimum absolute atomic E-state index is 0.271. The van der Waals surface area contributed by atoms with Gasteiger partial charge in [-0.05, 0) is 32.9 Å². The minimum Gasteiger partial charge on any atom is -0.462 e. The number of ether oxygens (including phenoxy) is 1. The lowest BCUT2D eigenvalue weighted by Crippen LogP contribution is -2.13. The van der Waals surface area contributed by atoms with Crippen LogP contribution in [0.3, 0.4) is 0 Å². The van der Waals surface area contributed by atoms with Gasteiger partial charge < -0.3 is 15.8 Å².